The number of aryl methyl sites for hydroxylation is 1. The first-order valence-electron chi connectivity index (χ1n) is 10.4. The summed E-state index contributed by atoms with van der Waals surface area (Å²) in [4.78, 5) is 32.2. The number of nitrogens with one attached hydrogen (secondary N) is 2. The predicted octanol–water partition coefficient (Wildman–Crippen LogP) is 4.26. The van der Waals surface area contributed by atoms with E-state index in [-0.39, 0.29) is 24.5 Å². The highest BCUT2D eigenvalue weighted by Crippen LogP contribution is 2.25. The third-order valence-corrected chi connectivity index (χ3v) is 5.52. The molecule has 0 aliphatic carbocycles. The molecule has 0 aliphatic rings. The van der Waals surface area contributed by atoms with E-state index >= 15 is 0 Å². The number of aromatic nitrogens is 2. The van der Waals surface area contributed by atoms with Crippen LogP contribution in [0.3, 0.4) is 0 Å². The Balaban J connectivity index is 1.48. The molecule has 4 rings (SSSR count). The smallest absolute Gasteiger partial charge is 0.336 e. The lowest BCUT2D eigenvalue weighted by Crippen LogP contribution is -2.36. The number of imidazole rings is 1. The summed E-state index contributed by atoms with van der Waals surface area (Å²) in [5.74, 6) is 1.12. The van der Waals surface area contributed by atoms with Gasteiger partial charge in [0.25, 0.3) is 5.91 Å². The highest BCUT2D eigenvalue weighted by molar-refractivity contribution is 5.82. The number of rotatable bonds is 7. The molecule has 0 saturated carbocycles. The summed E-state index contributed by atoms with van der Waals surface area (Å²) < 4.78 is 10.9. The van der Waals surface area contributed by atoms with Crippen LogP contribution in [0.5, 0.6) is 5.75 Å². The molecular formula is C24H25N3O4. The van der Waals surface area contributed by atoms with Crippen molar-refractivity contribution in [2.24, 2.45) is 5.92 Å². The second kappa shape index (κ2) is 8.63. The van der Waals surface area contributed by atoms with Crippen molar-refractivity contribution in [2.75, 3.05) is 6.61 Å². The number of nitrogens with zero attached hydrogens (tertiary/aromatic N) is 1. The molecule has 7 nitrogen and oxygen atoms in total. The molecule has 0 spiro atoms. The van der Waals surface area contributed by atoms with Crippen molar-refractivity contribution < 1.29 is 13.9 Å². The minimum absolute atomic E-state index is 0.158. The number of H-pyrrole nitrogens is 1. The number of carbonyl (C=O) groups excluding carboxylic acids is 1. The minimum atomic E-state index is -0.415. The fourth-order valence-corrected chi connectivity index (χ4v) is 3.59. The third-order valence-electron chi connectivity index (χ3n) is 5.52. The quantitative estimate of drug-likeness (QED) is 0.436. The second-order valence-corrected chi connectivity index (χ2v) is 7.76. The summed E-state index contributed by atoms with van der Waals surface area (Å²) in [7, 11) is 0. The number of para-hydroxylation sites is 2. The van der Waals surface area contributed by atoms with E-state index in [1.807, 2.05) is 37.3 Å². The summed E-state index contributed by atoms with van der Waals surface area (Å²) in [6.45, 7) is 5.84. The van der Waals surface area contributed by atoms with Crippen molar-refractivity contribution in [3.63, 3.8) is 0 Å². The van der Waals surface area contributed by atoms with E-state index in [1.54, 1.807) is 12.1 Å². The first-order chi connectivity index (χ1) is 14.9. The maximum atomic E-state index is 12.7. The summed E-state index contributed by atoms with van der Waals surface area (Å²) >= 11 is 0. The number of hydrogen-bond donors (Lipinski definition) is 2. The maximum absolute atomic E-state index is 12.7. The van der Waals surface area contributed by atoms with Crippen LogP contribution < -0.4 is 15.7 Å². The molecule has 2 aromatic carbocycles. The number of carbonyl (C=O) groups is 1. The summed E-state index contributed by atoms with van der Waals surface area (Å²) in [5.41, 5.74) is 2.65. The van der Waals surface area contributed by atoms with E-state index in [9.17, 15) is 9.59 Å². The Kier molecular flexibility index (Phi) is 5.75. The SMILES string of the molecule is CC[C@H](C)[C@@H](NC(=O)COc1ccc2c(C)cc(=O)oc2c1)c1nc2ccccc2[nH]1. The summed E-state index contributed by atoms with van der Waals surface area (Å²) in [6, 6.07) is 14.2. The van der Waals surface area contributed by atoms with Crippen molar-refractivity contribution in [3.05, 3.63) is 70.3 Å². The van der Waals surface area contributed by atoms with Crippen molar-refractivity contribution in [3.8, 4) is 5.75 Å². The van der Waals surface area contributed by atoms with Gasteiger partial charge >= 0.3 is 5.63 Å². The van der Waals surface area contributed by atoms with Gasteiger partial charge in [-0.2, -0.15) is 0 Å². The highest BCUT2D eigenvalue weighted by atomic mass is 16.5. The van der Waals surface area contributed by atoms with Gasteiger partial charge in [0.05, 0.1) is 17.1 Å². The normalized spacial score (nSPS) is 13.3. The number of amides is 1. The number of hydrogen-bond acceptors (Lipinski definition) is 5. The van der Waals surface area contributed by atoms with Crippen LogP contribution in [0.2, 0.25) is 0 Å². The van der Waals surface area contributed by atoms with Crippen molar-refractivity contribution in [2.45, 2.75) is 33.2 Å². The Morgan fingerprint density at radius 2 is 2.03 bits per heavy atom. The zero-order chi connectivity index (χ0) is 22.0. The molecule has 0 saturated heterocycles. The molecule has 2 atom stereocenters. The Hall–Kier alpha value is -3.61. The molecule has 0 fully saturated rings. The predicted molar refractivity (Wildman–Crippen MR) is 119 cm³/mol. The van der Waals surface area contributed by atoms with Gasteiger partial charge in [-0.25, -0.2) is 9.78 Å². The molecule has 7 heteroatoms. The van der Waals surface area contributed by atoms with E-state index in [1.165, 1.54) is 6.07 Å². The van der Waals surface area contributed by atoms with Crippen LogP contribution >= 0.6 is 0 Å². The largest absolute Gasteiger partial charge is 0.484 e. The van der Waals surface area contributed by atoms with Gasteiger partial charge in [0.1, 0.15) is 17.2 Å². The van der Waals surface area contributed by atoms with Crippen LogP contribution in [-0.4, -0.2) is 22.5 Å². The topological polar surface area (TPSA) is 97.2 Å². The lowest BCUT2D eigenvalue weighted by atomic mass is 9.98. The Morgan fingerprint density at radius 1 is 1.23 bits per heavy atom. The Bertz CT molecular complexity index is 1260. The zero-order valence-corrected chi connectivity index (χ0v) is 17.8. The lowest BCUT2D eigenvalue weighted by Gasteiger charge is -2.22. The van der Waals surface area contributed by atoms with Crippen LogP contribution in [0, 0.1) is 12.8 Å². The van der Waals surface area contributed by atoms with E-state index in [4.69, 9.17) is 9.15 Å². The molecule has 2 aromatic heterocycles. The van der Waals surface area contributed by atoms with Crippen LogP contribution in [0.15, 0.2) is 57.7 Å². The molecule has 1 amide bonds. The van der Waals surface area contributed by atoms with Gasteiger partial charge in [-0.1, -0.05) is 32.4 Å². The molecule has 31 heavy (non-hydrogen) atoms. The standard InChI is InChI=1S/C24H25N3O4/c1-4-14(2)23(24-25-18-7-5-6-8-19(18)26-24)27-21(28)13-30-16-9-10-17-15(3)11-22(29)31-20(17)12-16/h5-12,14,23H,4,13H2,1-3H3,(H,25,26)(H,27,28)/t14-,23+/m0/s1. The van der Waals surface area contributed by atoms with E-state index in [0.29, 0.717) is 11.3 Å². The lowest BCUT2D eigenvalue weighted by molar-refractivity contribution is -0.124. The van der Waals surface area contributed by atoms with Crippen molar-refractivity contribution in [1.82, 2.24) is 15.3 Å². The van der Waals surface area contributed by atoms with Crippen molar-refractivity contribution in [1.29, 1.82) is 0 Å². The third kappa shape index (κ3) is 4.45. The van der Waals surface area contributed by atoms with Crippen molar-refractivity contribution >= 4 is 27.9 Å². The van der Waals surface area contributed by atoms with Gasteiger partial charge in [0.2, 0.25) is 0 Å². The number of fused-ring (bicyclic) bond motifs is 2. The Morgan fingerprint density at radius 3 is 2.81 bits per heavy atom. The van der Waals surface area contributed by atoms with Crippen LogP contribution in [0.4, 0.5) is 0 Å². The molecule has 2 N–H and O–H groups in total. The molecule has 0 aliphatic heterocycles. The van der Waals surface area contributed by atoms with E-state index in [0.717, 1.165) is 34.2 Å². The monoisotopic (exact) mass is 419 g/mol. The average molecular weight is 419 g/mol. The van der Waals surface area contributed by atoms with Gasteiger partial charge in [0.15, 0.2) is 6.61 Å². The van der Waals surface area contributed by atoms with Gasteiger partial charge < -0.3 is 19.5 Å². The molecule has 2 heterocycles. The molecule has 0 bridgehead atoms. The first kappa shape index (κ1) is 20.7. The molecule has 4 aromatic rings. The van der Waals surface area contributed by atoms with E-state index < -0.39 is 5.63 Å². The van der Waals surface area contributed by atoms with Gasteiger partial charge in [0, 0.05) is 17.5 Å². The summed E-state index contributed by atoms with van der Waals surface area (Å²) in [5, 5.41) is 3.87. The fraction of sp³-hybridized carbons (Fsp3) is 0.292. The summed E-state index contributed by atoms with van der Waals surface area (Å²) in [6.07, 6.45) is 0.881. The van der Waals surface area contributed by atoms with Gasteiger partial charge in [-0.15, -0.1) is 0 Å². The number of aromatic amines is 1. The Labute approximate surface area is 179 Å². The highest BCUT2D eigenvalue weighted by Gasteiger charge is 2.23. The molecule has 0 radical (unpaired) electrons. The van der Waals surface area contributed by atoms with Gasteiger partial charge in [-0.05, 0) is 42.7 Å². The van der Waals surface area contributed by atoms with Crippen LogP contribution in [0.1, 0.15) is 37.7 Å². The van der Waals surface area contributed by atoms with Gasteiger partial charge in [-0.3, -0.25) is 4.79 Å². The molecule has 0 unspecified atom stereocenters. The first-order valence-corrected chi connectivity index (χ1v) is 10.4. The molecular weight excluding hydrogens is 394 g/mol. The number of benzene rings is 2. The minimum Gasteiger partial charge on any atom is -0.484 e. The van der Waals surface area contributed by atoms with Crippen LogP contribution in [0.25, 0.3) is 22.0 Å². The number of ether oxygens (including phenoxy) is 1. The molecule has 160 valence electrons. The fourth-order valence-electron chi connectivity index (χ4n) is 3.59. The van der Waals surface area contributed by atoms with Crippen LogP contribution in [-0.2, 0) is 4.79 Å². The second-order valence-electron chi connectivity index (χ2n) is 7.76. The zero-order valence-electron chi connectivity index (χ0n) is 17.8. The maximum Gasteiger partial charge on any atom is 0.336 e. The average Bonchev–Trinajstić information content (AvgIpc) is 3.19. The van der Waals surface area contributed by atoms with E-state index in [2.05, 4.69) is 29.1 Å².